The van der Waals surface area contributed by atoms with Crippen LogP contribution in [0.4, 0.5) is 11.4 Å². The van der Waals surface area contributed by atoms with E-state index >= 15 is 0 Å². The Morgan fingerprint density at radius 1 is 1.06 bits per heavy atom. The molecule has 0 bridgehead atoms. The Hall–Kier alpha value is -3.04. The SMILES string of the molecule is COc1cc(/C=C2\SC(=S)N(c3ccc(C)cc3)C2=O)ccc1OCC(=O)Nc1ccc(Cl)c(Cl)c1. The van der Waals surface area contributed by atoms with Gasteiger partial charge in [-0.2, -0.15) is 0 Å². The van der Waals surface area contributed by atoms with Gasteiger partial charge in [-0.25, -0.2) is 0 Å². The summed E-state index contributed by atoms with van der Waals surface area (Å²) in [5.74, 6) is 0.234. The van der Waals surface area contributed by atoms with Crippen LogP contribution in [-0.4, -0.2) is 29.9 Å². The van der Waals surface area contributed by atoms with Gasteiger partial charge in [0.05, 0.1) is 27.7 Å². The van der Waals surface area contributed by atoms with Crippen molar-refractivity contribution in [1.82, 2.24) is 0 Å². The van der Waals surface area contributed by atoms with E-state index in [1.165, 1.54) is 23.8 Å². The van der Waals surface area contributed by atoms with Gasteiger partial charge in [0.25, 0.3) is 11.8 Å². The number of methoxy groups -OCH3 is 1. The third-order valence-corrected chi connectivity index (χ3v) is 7.17. The van der Waals surface area contributed by atoms with Crippen LogP contribution in [0.15, 0.2) is 65.6 Å². The van der Waals surface area contributed by atoms with E-state index in [0.29, 0.717) is 36.5 Å². The molecule has 4 rings (SSSR count). The van der Waals surface area contributed by atoms with Crippen LogP contribution in [0.25, 0.3) is 6.08 Å². The van der Waals surface area contributed by atoms with Crippen molar-refractivity contribution in [2.45, 2.75) is 6.92 Å². The fourth-order valence-corrected chi connectivity index (χ4v) is 4.94. The van der Waals surface area contributed by atoms with Crippen molar-refractivity contribution in [3.63, 3.8) is 0 Å². The molecule has 6 nitrogen and oxygen atoms in total. The molecule has 0 atom stereocenters. The Kier molecular flexibility index (Phi) is 8.21. The Balaban J connectivity index is 1.44. The molecule has 0 aliphatic carbocycles. The van der Waals surface area contributed by atoms with Crippen molar-refractivity contribution < 1.29 is 19.1 Å². The second kappa shape index (κ2) is 11.3. The molecule has 1 N–H and O–H groups in total. The van der Waals surface area contributed by atoms with Gasteiger partial charge in [0.15, 0.2) is 22.4 Å². The van der Waals surface area contributed by atoms with Crippen LogP contribution in [-0.2, 0) is 9.59 Å². The van der Waals surface area contributed by atoms with Crippen LogP contribution in [0, 0.1) is 6.92 Å². The van der Waals surface area contributed by atoms with Crippen molar-refractivity contribution in [3.05, 3.63) is 86.7 Å². The fourth-order valence-electron chi connectivity index (χ4n) is 3.34. The summed E-state index contributed by atoms with van der Waals surface area (Å²) in [5.41, 5.74) is 3.06. The Labute approximate surface area is 228 Å². The summed E-state index contributed by atoms with van der Waals surface area (Å²) in [4.78, 5) is 27.3. The molecule has 0 aromatic heterocycles. The first-order chi connectivity index (χ1) is 17.2. The van der Waals surface area contributed by atoms with E-state index in [1.54, 1.807) is 42.5 Å². The number of nitrogens with zero attached hydrogens (tertiary/aromatic N) is 1. The van der Waals surface area contributed by atoms with Gasteiger partial charge in [-0.3, -0.25) is 14.5 Å². The molecule has 1 saturated heterocycles. The largest absolute Gasteiger partial charge is 0.493 e. The number of aryl methyl sites for hydroxylation is 1. The maximum Gasteiger partial charge on any atom is 0.270 e. The highest BCUT2D eigenvalue weighted by Crippen LogP contribution is 2.37. The molecule has 36 heavy (non-hydrogen) atoms. The third-order valence-electron chi connectivity index (χ3n) is 5.13. The van der Waals surface area contributed by atoms with E-state index in [0.717, 1.165) is 16.8 Å². The lowest BCUT2D eigenvalue weighted by atomic mass is 10.1. The average Bonchev–Trinajstić information content (AvgIpc) is 3.13. The van der Waals surface area contributed by atoms with E-state index < -0.39 is 0 Å². The number of carbonyl (C=O) groups excluding carboxylic acids is 2. The standard InChI is InChI=1S/C26H20Cl2N2O4S2/c1-15-3-7-18(8-4-15)30-25(32)23(36-26(30)35)12-16-5-10-21(22(11-16)33-2)34-14-24(31)29-17-6-9-19(27)20(28)13-17/h3-13H,14H2,1-2H3,(H,29,31)/b23-12-. The smallest absolute Gasteiger partial charge is 0.270 e. The number of benzene rings is 3. The van der Waals surface area contributed by atoms with Crippen molar-refractivity contribution in [3.8, 4) is 11.5 Å². The van der Waals surface area contributed by atoms with Crippen LogP contribution in [0.2, 0.25) is 10.0 Å². The second-order valence-corrected chi connectivity index (χ2v) is 10.2. The molecule has 0 radical (unpaired) electrons. The minimum atomic E-state index is -0.376. The van der Waals surface area contributed by atoms with Gasteiger partial charge in [0.2, 0.25) is 0 Å². The first kappa shape index (κ1) is 26.0. The highest BCUT2D eigenvalue weighted by Gasteiger charge is 2.33. The summed E-state index contributed by atoms with van der Waals surface area (Å²) in [6.07, 6.45) is 1.75. The number of thioether (sulfide) groups is 1. The number of carbonyl (C=O) groups is 2. The normalized spacial score (nSPS) is 14.3. The number of halogens is 2. The molecule has 10 heteroatoms. The lowest BCUT2D eigenvalue weighted by molar-refractivity contribution is -0.118. The number of nitrogens with one attached hydrogen (secondary N) is 1. The third kappa shape index (κ3) is 6.02. The van der Waals surface area contributed by atoms with Gasteiger partial charge < -0.3 is 14.8 Å². The first-order valence-electron chi connectivity index (χ1n) is 10.7. The number of hydrogen-bond acceptors (Lipinski definition) is 6. The predicted octanol–water partition coefficient (Wildman–Crippen LogP) is 6.73. The summed E-state index contributed by atoms with van der Waals surface area (Å²) >= 11 is 18.6. The Bertz CT molecular complexity index is 1380. The molecule has 3 aromatic rings. The fraction of sp³-hybridized carbons (Fsp3) is 0.115. The van der Waals surface area contributed by atoms with Gasteiger partial charge in [-0.1, -0.05) is 70.9 Å². The molecule has 0 spiro atoms. The number of thiocarbonyl (C=S) groups is 1. The molecule has 2 amide bonds. The summed E-state index contributed by atoms with van der Waals surface area (Å²) in [7, 11) is 1.50. The average molecular weight is 559 g/mol. The van der Waals surface area contributed by atoms with Crippen molar-refractivity contribution in [2.75, 3.05) is 23.9 Å². The van der Waals surface area contributed by atoms with Gasteiger partial charge in [-0.05, 0) is 61.0 Å². The highest BCUT2D eigenvalue weighted by molar-refractivity contribution is 8.27. The Morgan fingerprint density at radius 3 is 2.50 bits per heavy atom. The molecule has 0 unspecified atom stereocenters. The lowest BCUT2D eigenvalue weighted by Crippen LogP contribution is -2.27. The number of hydrogen-bond donors (Lipinski definition) is 1. The number of anilines is 2. The van der Waals surface area contributed by atoms with E-state index in [4.69, 9.17) is 44.9 Å². The van der Waals surface area contributed by atoms with Gasteiger partial charge >= 0.3 is 0 Å². The first-order valence-corrected chi connectivity index (χ1v) is 12.6. The maximum atomic E-state index is 13.0. The zero-order chi connectivity index (χ0) is 25.8. The summed E-state index contributed by atoms with van der Waals surface area (Å²) in [5, 5.41) is 3.43. The zero-order valence-electron chi connectivity index (χ0n) is 19.2. The van der Waals surface area contributed by atoms with Crippen LogP contribution < -0.4 is 19.7 Å². The summed E-state index contributed by atoms with van der Waals surface area (Å²) in [6, 6.07) is 17.6. The molecular weight excluding hydrogens is 539 g/mol. The minimum absolute atomic E-state index is 0.188. The molecule has 1 fully saturated rings. The van der Waals surface area contributed by atoms with E-state index in [2.05, 4.69) is 5.32 Å². The van der Waals surface area contributed by atoms with Crippen LogP contribution in [0.1, 0.15) is 11.1 Å². The topological polar surface area (TPSA) is 67.9 Å². The molecule has 1 aliphatic heterocycles. The number of amides is 2. The maximum absolute atomic E-state index is 13.0. The Morgan fingerprint density at radius 2 is 1.81 bits per heavy atom. The zero-order valence-corrected chi connectivity index (χ0v) is 22.4. The lowest BCUT2D eigenvalue weighted by Gasteiger charge is -2.14. The molecule has 3 aromatic carbocycles. The second-order valence-electron chi connectivity index (χ2n) is 7.73. The number of ether oxygens (including phenoxy) is 2. The summed E-state index contributed by atoms with van der Waals surface area (Å²) in [6.45, 7) is 1.74. The van der Waals surface area contributed by atoms with Crippen LogP contribution >= 0.6 is 47.2 Å². The van der Waals surface area contributed by atoms with Crippen molar-refractivity contribution in [1.29, 1.82) is 0 Å². The van der Waals surface area contributed by atoms with Crippen LogP contribution in [0.5, 0.6) is 11.5 Å². The monoisotopic (exact) mass is 558 g/mol. The van der Waals surface area contributed by atoms with Crippen molar-refractivity contribution in [2.24, 2.45) is 0 Å². The highest BCUT2D eigenvalue weighted by atomic mass is 35.5. The quantitative estimate of drug-likeness (QED) is 0.256. The molecule has 0 saturated carbocycles. The van der Waals surface area contributed by atoms with E-state index in [9.17, 15) is 9.59 Å². The van der Waals surface area contributed by atoms with Gasteiger partial charge in [-0.15, -0.1) is 0 Å². The van der Waals surface area contributed by atoms with Gasteiger partial charge in [0, 0.05) is 5.69 Å². The molecule has 1 aliphatic rings. The van der Waals surface area contributed by atoms with Gasteiger partial charge in [0.1, 0.15) is 0 Å². The van der Waals surface area contributed by atoms with Crippen LogP contribution in [0.3, 0.4) is 0 Å². The summed E-state index contributed by atoms with van der Waals surface area (Å²) < 4.78 is 11.5. The van der Waals surface area contributed by atoms with Crippen molar-refractivity contribution >= 4 is 80.8 Å². The molecule has 184 valence electrons. The predicted molar refractivity (Wildman–Crippen MR) is 150 cm³/mol. The molecule has 1 heterocycles. The van der Waals surface area contributed by atoms with E-state index in [-0.39, 0.29) is 18.4 Å². The molecular formula is C26H20Cl2N2O4S2. The number of rotatable bonds is 7. The minimum Gasteiger partial charge on any atom is -0.493 e. The van der Waals surface area contributed by atoms with E-state index in [1.807, 2.05) is 31.2 Å².